The molecule has 0 radical (unpaired) electrons. The van der Waals surface area contributed by atoms with E-state index in [2.05, 4.69) is 20.1 Å². The monoisotopic (exact) mass is 287 g/mol. The molecule has 1 fully saturated rings. The van der Waals surface area contributed by atoms with Crippen molar-refractivity contribution >= 4 is 5.82 Å². The molecule has 0 saturated carbocycles. The highest BCUT2D eigenvalue weighted by molar-refractivity contribution is 5.37. The number of hydrogen-bond donors (Lipinski definition) is 1. The van der Waals surface area contributed by atoms with E-state index in [1.54, 1.807) is 6.20 Å². The van der Waals surface area contributed by atoms with E-state index in [4.69, 9.17) is 4.74 Å². The molecule has 112 valence electrons. The van der Waals surface area contributed by atoms with Crippen LogP contribution in [0, 0.1) is 0 Å². The number of ether oxygens (including phenoxy) is 1. The molecular weight excluding hydrogens is 266 g/mol. The van der Waals surface area contributed by atoms with Gasteiger partial charge in [0.25, 0.3) is 0 Å². The number of aromatic amines is 1. The predicted octanol–water partition coefficient (Wildman–Crippen LogP) is 1.44. The molecule has 1 aliphatic heterocycles. The van der Waals surface area contributed by atoms with Crippen molar-refractivity contribution in [3.8, 4) is 0 Å². The largest absolute Gasteiger partial charge is 0.369 e. The third-order valence-corrected chi connectivity index (χ3v) is 3.65. The molecule has 1 N–H and O–H groups in total. The highest BCUT2D eigenvalue weighted by Crippen LogP contribution is 2.23. The smallest absolute Gasteiger partial charge is 0.128 e. The first-order valence-electron chi connectivity index (χ1n) is 7.19. The fourth-order valence-electron chi connectivity index (χ4n) is 2.51. The van der Waals surface area contributed by atoms with Gasteiger partial charge in [-0.15, -0.1) is 0 Å². The summed E-state index contributed by atoms with van der Waals surface area (Å²) in [5.41, 5.74) is 2.13. The van der Waals surface area contributed by atoms with Crippen LogP contribution >= 0.6 is 0 Å². The Hall–Kier alpha value is -1.92. The summed E-state index contributed by atoms with van der Waals surface area (Å²) in [5.74, 6) is 0.960. The van der Waals surface area contributed by atoms with Crippen LogP contribution in [0.1, 0.15) is 17.5 Å². The van der Waals surface area contributed by atoms with Crippen molar-refractivity contribution in [2.24, 2.45) is 0 Å². The molecule has 21 heavy (non-hydrogen) atoms. The van der Waals surface area contributed by atoms with Gasteiger partial charge >= 0.3 is 0 Å². The highest BCUT2D eigenvalue weighted by Gasteiger charge is 2.23. The second-order valence-electron chi connectivity index (χ2n) is 5.49. The van der Waals surface area contributed by atoms with Gasteiger partial charge in [0.2, 0.25) is 0 Å². The molecule has 3 rings (SSSR count). The highest BCUT2D eigenvalue weighted by atomic mass is 16.5. The van der Waals surface area contributed by atoms with Gasteiger partial charge in [0.15, 0.2) is 0 Å². The number of nitrogens with zero attached hydrogens (tertiary/aromatic N) is 4. The Bertz CT molecular complexity index is 569. The number of morpholine rings is 1. The van der Waals surface area contributed by atoms with Gasteiger partial charge in [0.05, 0.1) is 12.3 Å². The number of aromatic nitrogens is 3. The van der Waals surface area contributed by atoms with Crippen molar-refractivity contribution in [1.82, 2.24) is 20.1 Å². The molecule has 2 aromatic rings. The van der Waals surface area contributed by atoms with Gasteiger partial charge < -0.3 is 9.64 Å². The quantitative estimate of drug-likeness (QED) is 0.922. The first-order chi connectivity index (χ1) is 10.2. The first-order valence-corrected chi connectivity index (χ1v) is 7.19. The average Bonchev–Trinajstić information content (AvgIpc) is 3.00. The van der Waals surface area contributed by atoms with Crippen molar-refractivity contribution in [2.75, 3.05) is 38.7 Å². The number of rotatable bonds is 4. The summed E-state index contributed by atoms with van der Waals surface area (Å²) in [6, 6.07) is 8.09. The maximum Gasteiger partial charge on any atom is 0.128 e. The van der Waals surface area contributed by atoms with E-state index in [0.717, 1.165) is 43.4 Å². The molecule has 0 aliphatic carbocycles. The summed E-state index contributed by atoms with van der Waals surface area (Å²) in [6.07, 6.45) is 1.82. The lowest BCUT2D eigenvalue weighted by Crippen LogP contribution is -2.38. The van der Waals surface area contributed by atoms with Gasteiger partial charge in [-0.05, 0) is 18.2 Å². The van der Waals surface area contributed by atoms with Crippen molar-refractivity contribution < 1.29 is 4.74 Å². The van der Waals surface area contributed by atoms with Crippen molar-refractivity contribution in [3.05, 3.63) is 41.9 Å². The van der Waals surface area contributed by atoms with Crippen LogP contribution in [0.15, 0.2) is 30.5 Å². The molecule has 6 heteroatoms. The van der Waals surface area contributed by atoms with Crippen LogP contribution in [-0.2, 0) is 11.3 Å². The zero-order chi connectivity index (χ0) is 14.7. The SMILES string of the molecule is CN(C)c1cccc([C@H]2CN(Cc3ccn[nH]3)CCO2)n1. The third-order valence-electron chi connectivity index (χ3n) is 3.65. The number of anilines is 1. The van der Waals surface area contributed by atoms with Gasteiger partial charge in [-0.25, -0.2) is 4.98 Å². The predicted molar refractivity (Wildman–Crippen MR) is 81.1 cm³/mol. The average molecular weight is 287 g/mol. The minimum Gasteiger partial charge on any atom is -0.369 e. The Labute approximate surface area is 124 Å². The minimum absolute atomic E-state index is 0.0292. The molecule has 1 aliphatic rings. The zero-order valence-electron chi connectivity index (χ0n) is 12.5. The fraction of sp³-hybridized carbons (Fsp3) is 0.467. The van der Waals surface area contributed by atoms with Crippen molar-refractivity contribution in [2.45, 2.75) is 12.6 Å². The Morgan fingerprint density at radius 1 is 1.38 bits per heavy atom. The van der Waals surface area contributed by atoms with E-state index in [1.807, 2.05) is 43.3 Å². The van der Waals surface area contributed by atoms with Crippen LogP contribution in [0.2, 0.25) is 0 Å². The summed E-state index contributed by atoms with van der Waals surface area (Å²) in [7, 11) is 4.00. The Morgan fingerprint density at radius 3 is 3.05 bits per heavy atom. The third kappa shape index (κ3) is 3.40. The standard InChI is InChI=1S/C15H21N5O/c1-19(2)15-5-3-4-13(17-15)14-11-20(8-9-21-14)10-12-6-7-16-18-12/h3-7,14H,8-11H2,1-2H3,(H,16,18)/t14-/m1/s1. The molecular formula is C15H21N5O. The molecule has 0 unspecified atom stereocenters. The molecule has 0 amide bonds. The van der Waals surface area contributed by atoms with E-state index in [9.17, 15) is 0 Å². The minimum atomic E-state index is 0.0292. The molecule has 6 nitrogen and oxygen atoms in total. The number of H-pyrrole nitrogens is 1. The van der Waals surface area contributed by atoms with Gasteiger partial charge in [-0.2, -0.15) is 5.10 Å². The molecule has 2 aromatic heterocycles. The second-order valence-corrected chi connectivity index (χ2v) is 5.49. The van der Waals surface area contributed by atoms with Gasteiger partial charge in [0.1, 0.15) is 11.9 Å². The normalized spacial score (nSPS) is 19.6. The summed E-state index contributed by atoms with van der Waals surface area (Å²) in [4.78, 5) is 9.06. The lowest BCUT2D eigenvalue weighted by atomic mass is 10.2. The number of hydrogen-bond acceptors (Lipinski definition) is 5. The van der Waals surface area contributed by atoms with Crippen LogP contribution in [0.3, 0.4) is 0 Å². The van der Waals surface area contributed by atoms with Crippen LogP contribution in [0.25, 0.3) is 0 Å². The summed E-state index contributed by atoms with van der Waals surface area (Å²) >= 11 is 0. The number of pyridine rings is 1. The fourth-order valence-corrected chi connectivity index (χ4v) is 2.51. The van der Waals surface area contributed by atoms with E-state index in [0.29, 0.717) is 0 Å². The molecule has 1 atom stereocenters. The van der Waals surface area contributed by atoms with Crippen LogP contribution < -0.4 is 4.90 Å². The second kappa shape index (κ2) is 6.24. The van der Waals surface area contributed by atoms with E-state index in [-0.39, 0.29) is 6.10 Å². The van der Waals surface area contributed by atoms with E-state index in [1.165, 1.54) is 0 Å². The Morgan fingerprint density at radius 2 is 2.29 bits per heavy atom. The van der Waals surface area contributed by atoms with Crippen molar-refractivity contribution in [1.29, 1.82) is 0 Å². The van der Waals surface area contributed by atoms with E-state index >= 15 is 0 Å². The maximum absolute atomic E-state index is 5.90. The van der Waals surface area contributed by atoms with Crippen LogP contribution in [0.5, 0.6) is 0 Å². The Kier molecular flexibility index (Phi) is 4.17. The van der Waals surface area contributed by atoms with Crippen LogP contribution in [0.4, 0.5) is 5.82 Å². The first kappa shape index (κ1) is 14.0. The molecule has 1 saturated heterocycles. The Balaban J connectivity index is 1.69. The zero-order valence-corrected chi connectivity index (χ0v) is 12.5. The van der Waals surface area contributed by atoms with Gasteiger partial charge in [0, 0.05) is 45.6 Å². The van der Waals surface area contributed by atoms with Crippen LogP contribution in [-0.4, -0.2) is 53.9 Å². The summed E-state index contributed by atoms with van der Waals surface area (Å²) in [5, 5.41) is 7.00. The van der Waals surface area contributed by atoms with Crippen molar-refractivity contribution in [3.63, 3.8) is 0 Å². The molecule has 0 aromatic carbocycles. The summed E-state index contributed by atoms with van der Waals surface area (Å²) < 4.78 is 5.90. The summed E-state index contributed by atoms with van der Waals surface area (Å²) in [6.45, 7) is 3.38. The molecule has 0 bridgehead atoms. The number of nitrogens with one attached hydrogen (secondary N) is 1. The van der Waals surface area contributed by atoms with Gasteiger partial charge in [-0.1, -0.05) is 6.07 Å². The lowest BCUT2D eigenvalue weighted by Gasteiger charge is -2.32. The van der Waals surface area contributed by atoms with E-state index < -0.39 is 0 Å². The lowest BCUT2D eigenvalue weighted by molar-refractivity contribution is -0.0353. The van der Waals surface area contributed by atoms with Gasteiger partial charge in [-0.3, -0.25) is 10.00 Å². The molecule has 0 spiro atoms. The molecule has 3 heterocycles. The topological polar surface area (TPSA) is 57.3 Å². The maximum atomic E-state index is 5.90.